The van der Waals surface area contributed by atoms with Crippen molar-refractivity contribution in [1.82, 2.24) is 14.6 Å². The van der Waals surface area contributed by atoms with Crippen molar-refractivity contribution in [3.8, 4) is 11.3 Å². The van der Waals surface area contributed by atoms with Crippen molar-refractivity contribution in [1.29, 1.82) is 0 Å². The van der Waals surface area contributed by atoms with Crippen LogP contribution >= 0.6 is 0 Å². The van der Waals surface area contributed by atoms with Crippen molar-refractivity contribution in [2.24, 2.45) is 5.41 Å². The van der Waals surface area contributed by atoms with Crippen molar-refractivity contribution in [2.75, 3.05) is 11.5 Å². The van der Waals surface area contributed by atoms with Gasteiger partial charge >= 0.3 is 0 Å². The minimum absolute atomic E-state index is 0.0872. The summed E-state index contributed by atoms with van der Waals surface area (Å²) in [6, 6.07) is 12.4. The maximum absolute atomic E-state index is 12.6. The van der Waals surface area contributed by atoms with E-state index in [-0.39, 0.29) is 17.1 Å². The highest BCUT2D eigenvalue weighted by Gasteiger charge is 2.24. The number of anilines is 1. The largest absolute Gasteiger partial charge is 0.366 e. The molecule has 126 valence electrons. The summed E-state index contributed by atoms with van der Waals surface area (Å²) in [6.07, 6.45) is 0. The van der Waals surface area contributed by atoms with E-state index in [2.05, 4.69) is 10.1 Å². The summed E-state index contributed by atoms with van der Waals surface area (Å²) in [5.41, 5.74) is 7.47. The second kappa shape index (κ2) is 5.59. The standard InChI is InChI=1S/C17H20N4O2S/c1-17(2,3)11-24(22,23)13-7-4-6-12(10-13)14-8-5-9-15-19-16(18)20-21(14)15/h4-10H,11H2,1-3H3,(H2,18,20). The number of nitrogens with two attached hydrogens (primary N) is 1. The number of pyridine rings is 1. The van der Waals surface area contributed by atoms with Crippen molar-refractivity contribution in [2.45, 2.75) is 25.7 Å². The molecule has 3 rings (SSSR count). The Morgan fingerprint density at radius 3 is 2.54 bits per heavy atom. The van der Waals surface area contributed by atoms with Gasteiger partial charge in [-0.2, -0.15) is 4.98 Å². The predicted molar refractivity (Wildman–Crippen MR) is 94.3 cm³/mol. The van der Waals surface area contributed by atoms with E-state index >= 15 is 0 Å². The Kier molecular flexibility index (Phi) is 3.83. The lowest BCUT2D eigenvalue weighted by Crippen LogP contribution is -2.20. The summed E-state index contributed by atoms with van der Waals surface area (Å²) in [5.74, 6) is 0.267. The molecule has 1 aromatic carbocycles. The van der Waals surface area contributed by atoms with Gasteiger partial charge in [-0.05, 0) is 29.7 Å². The molecule has 0 unspecified atom stereocenters. The normalized spacial score (nSPS) is 12.6. The van der Waals surface area contributed by atoms with Gasteiger partial charge in [0.25, 0.3) is 0 Å². The summed E-state index contributed by atoms with van der Waals surface area (Å²) >= 11 is 0. The molecule has 0 amide bonds. The molecule has 0 bridgehead atoms. The van der Waals surface area contributed by atoms with Crippen LogP contribution in [0.1, 0.15) is 20.8 Å². The van der Waals surface area contributed by atoms with E-state index in [0.717, 1.165) is 11.3 Å². The lowest BCUT2D eigenvalue weighted by molar-refractivity contribution is 0.462. The summed E-state index contributed by atoms with van der Waals surface area (Å²) in [6.45, 7) is 5.73. The van der Waals surface area contributed by atoms with E-state index in [1.807, 2.05) is 39.0 Å². The molecule has 3 aromatic rings. The van der Waals surface area contributed by atoms with Crippen LogP contribution in [0.4, 0.5) is 5.95 Å². The van der Waals surface area contributed by atoms with Crippen LogP contribution in [-0.4, -0.2) is 28.8 Å². The first-order chi connectivity index (χ1) is 11.2. The molecule has 6 nitrogen and oxygen atoms in total. The van der Waals surface area contributed by atoms with Gasteiger partial charge in [-0.1, -0.05) is 39.0 Å². The highest BCUT2D eigenvalue weighted by atomic mass is 32.2. The third-order valence-corrected chi connectivity index (χ3v) is 5.71. The molecule has 0 fully saturated rings. The molecule has 0 saturated carbocycles. The number of nitrogen functional groups attached to an aromatic ring is 1. The Labute approximate surface area is 141 Å². The highest BCUT2D eigenvalue weighted by Crippen LogP contribution is 2.26. The van der Waals surface area contributed by atoms with Gasteiger partial charge in [-0.3, -0.25) is 0 Å². The summed E-state index contributed by atoms with van der Waals surface area (Å²) in [4.78, 5) is 4.44. The van der Waals surface area contributed by atoms with E-state index < -0.39 is 9.84 Å². The molecule has 0 saturated heterocycles. The minimum Gasteiger partial charge on any atom is -0.366 e. The van der Waals surface area contributed by atoms with Crippen LogP contribution in [0.5, 0.6) is 0 Å². The molecule has 2 N–H and O–H groups in total. The Morgan fingerprint density at radius 2 is 1.83 bits per heavy atom. The van der Waals surface area contributed by atoms with Gasteiger partial charge in [-0.15, -0.1) is 5.10 Å². The van der Waals surface area contributed by atoms with Crippen LogP contribution in [-0.2, 0) is 9.84 Å². The number of sulfone groups is 1. The molecule has 2 aromatic heterocycles. The van der Waals surface area contributed by atoms with Crippen LogP contribution in [0, 0.1) is 5.41 Å². The fourth-order valence-electron chi connectivity index (χ4n) is 2.64. The van der Waals surface area contributed by atoms with E-state index in [1.54, 1.807) is 28.8 Å². The number of hydrogen-bond acceptors (Lipinski definition) is 5. The van der Waals surface area contributed by atoms with Gasteiger partial charge in [0.05, 0.1) is 16.3 Å². The Bertz CT molecular complexity index is 1000. The van der Waals surface area contributed by atoms with Crippen LogP contribution in [0.3, 0.4) is 0 Å². The lowest BCUT2D eigenvalue weighted by atomic mass is 10.0. The van der Waals surface area contributed by atoms with Crippen LogP contribution < -0.4 is 5.73 Å². The number of aromatic nitrogens is 3. The smallest absolute Gasteiger partial charge is 0.240 e. The Balaban J connectivity index is 2.11. The number of hydrogen-bond donors (Lipinski definition) is 1. The van der Waals surface area contributed by atoms with Gasteiger partial charge in [0.2, 0.25) is 5.95 Å². The fraction of sp³-hybridized carbons (Fsp3) is 0.294. The van der Waals surface area contributed by atoms with Gasteiger partial charge in [0.1, 0.15) is 0 Å². The molecule has 0 aliphatic rings. The molecule has 0 aliphatic heterocycles. The number of fused-ring (bicyclic) bond motifs is 1. The summed E-state index contributed by atoms with van der Waals surface area (Å²) in [7, 11) is -3.37. The third kappa shape index (κ3) is 3.26. The predicted octanol–water partition coefficient (Wildman–Crippen LogP) is 2.80. The molecule has 0 atom stereocenters. The summed E-state index contributed by atoms with van der Waals surface area (Å²) < 4.78 is 26.9. The topological polar surface area (TPSA) is 90.3 Å². The van der Waals surface area contributed by atoms with Gasteiger partial charge in [0.15, 0.2) is 15.5 Å². The molecule has 0 radical (unpaired) electrons. The molecular weight excluding hydrogens is 324 g/mol. The van der Waals surface area contributed by atoms with Gasteiger partial charge in [0, 0.05) is 5.56 Å². The fourth-order valence-corrected chi connectivity index (χ4v) is 4.54. The maximum Gasteiger partial charge on any atom is 0.240 e. The van der Waals surface area contributed by atoms with Crippen molar-refractivity contribution >= 4 is 21.4 Å². The van der Waals surface area contributed by atoms with Crippen LogP contribution in [0.2, 0.25) is 0 Å². The quantitative estimate of drug-likeness (QED) is 0.789. The Morgan fingerprint density at radius 1 is 1.12 bits per heavy atom. The maximum atomic E-state index is 12.6. The number of benzene rings is 1. The van der Waals surface area contributed by atoms with Crippen LogP contribution in [0.15, 0.2) is 47.4 Å². The minimum atomic E-state index is -3.37. The first kappa shape index (κ1) is 16.4. The zero-order valence-electron chi connectivity index (χ0n) is 13.9. The monoisotopic (exact) mass is 344 g/mol. The lowest BCUT2D eigenvalue weighted by Gasteiger charge is -2.18. The zero-order chi connectivity index (χ0) is 17.5. The average molecular weight is 344 g/mol. The van der Waals surface area contributed by atoms with Crippen molar-refractivity contribution in [3.05, 3.63) is 42.5 Å². The second-order valence-corrected chi connectivity index (χ2v) is 8.99. The van der Waals surface area contributed by atoms with E-state index in [0.29, 0.717) is 10.5 Å². The number of rotatable bonds is 3. The van der Waals surface area contributed by atoms with Crippen molar-refractivity contribution in [3.63, 3.8) is 0 Å². The van der Waals surface area contributed by atoms with Crippen molar-refractivity contribution < 1.29 is 8.42 Å². The van der Waals surface area contributed by atoms with E-state index in [9.17, 15) is 8.42 Å². The SMILES string of the molecule is CC(C)(C)CS(=O)(=O)c1cccc(-c2cccc3nc(N)nn23)c1. The highest BCUT2D eigenvalue weighted by molar-refractivity contribution is 7.91. The van der Waals surface area contributed by atoms with E-state index in [1.165, 1.54) is 0 Å². The zero-order valence-corrected chi connectivity index (χ0v) is 14.7. The van der Waals surface area contributed by atoms with Gasteiger partial charge in [-0.25, -0.2) is 12.9 Å². The first-order valence-corrected chi connectivity index (χ1v) is 9.25. The molecule has 2 heterocycles. The van der Waals surface area contributed by atoms with E-state index in [4.69, 9.17) is 5.73 Å². The molecule has 0 aliphatic carbocycles. The van der Waals surface area contributed by atoms with Gasteiger partial charge < -0.3 is 5.73 Å². The second-order valence-electron chi connectivity index (χ2n) is 7.00. The first-order valence-electron chi connectivity index (χ1n) is 7.60. The average Bonchev–Trinajstić information content (AvgIpc) is 2.85. The third-order valence-electron chi connectivity index (χ3n) is 3.49. The molecule has 24 heavy (non-hydrogen) atoms. The molecule has 0 spiro atoms. The molecular formula is C17H20N4O2S. The Hall–Kier alpha value is -2.41. The summed E-state index contributed by atoms with van der Waals surface area (Å²) in [5, 5.41) is 4.17. The number of nitrogens with zero attached hydrogens (tertiary/aromatic N) is 3. The molecule has 7 heteroatoms. The van der Waals surface area contributed by atoms with Crippen LogP contribution in [0.25, 0.3) is 16.9 Å².